The molecule has 2 aliphatic heterocycles. The number of nitrogens with zero attached hydrogens (tertiary/aromatic N) is 2. The van der Waals surface area contributed by atoms with E-state index in [4.69, 9.17) is 4.74 Å². The van der Waals surface area contributed by atoms with Crippen molar-refractivity contribution in [1.29, 1.82) is 0 Å². The van der Waals surface area contributed by atoms with Crippen LogP contribution in [0.1, 0.15) is 30.4 Å². The zero-order valence-electron chi connectivity index (χ0n) is 20.6. The molecule has 1 fully saturated rings. The van der Waals surface area contributed by atoms with Gasteiger partial charge in [0.05, 0.1) is 17.1 Å². The lowest BCUT2D eigenvalue weighted by atomic mass is 10.1. The maximum atomic E-state index is 13.6. The molecule has 2 heterocycles. The van der Waals surface area contributed by atoms with Gasteiger partial charge in [0.15, 0.2) is 6.10 Å². The first kappa shape index (κ1) is 24.2. The number of anilines is 3. The number of carbonyl (C=O) groups excluding carboxylic acids is 1. The number of rotatable bonds is 5. The van der Waals surface area contributed by atoms with Crippen LogP contribution in [0.25, 0.3) is 0 Å². The summed E-state index contributed by atoms with van der Waals surface area (Å²) in [6.07, 6.45) is 2.66. The van der Waals surface area contributed by atoms with Crippen LogP contribution in [0, 0.1) is 13.8 Å². The molecule has 1 N–H and O–H groups in total. The van der Waals surface area contributed by atoms with Crippen LogP contribution in [0.3, 0.4) is 0 Å². The van der Waals surface area contributed by atoms with Crippen LogP contribution < -0.4 is 19.3 Å². The SMILES string of the molecule is Cc1ccc(S(=O)(=O)N2C[C@H](C(=O)Nc3ccc(N4CCCCC4)cc3)Oc3ccc(C)cc32)cc1. The summed E-state index contributed by atoms with van der Waals surface area (Å²) in [4.78, 5) is 15.7. The molecular formula is C28H31N3O4S. The second-order valence-electron chi connectivity index (χ2n) is 9.51. The molecule has 3 aromatic rings. The van der Waals surface area contributed by atoms with E-state index in [9.17, 15) is 13.2 Å². The number of nitrogens with one attached hydrogen (secondary N) is 1. The Morgan fingerprint density at radius 2 is 1.56 bits per heavy atom. The van der Waals surface area contributed by atoms with E-state index in [0.29, 0.717) is 17.1 Å². The molecule has 36 heavy (non-hydrogen) atoms. The molecule has 0 saturated carbocycles. The van der Waals surface area contributed by atoms with Crippen LogP contribution in [-0.2, 0) is 14.8 Å². The summed E-state index contributed by atoms with van der Waals surface area (Å²) < 4.78 is 34.5. The first-order chi connectivity index (χ1) is 17.3. The van der Waals surface area contributed by atoms with Crippen LogP contribution in [0.15, 0.2) is 71.6 Å². The second-order valence-corrected chi connectivity index (χ2v) is 11.4. The number of hydrogen-bond donors (Lipinski definition) is 1. The molecule has 0 radical (unpaired) electrons. The minimum atomic E-state index is -3.90. The molecule has 8 heteroatoms. The highest BCUT2D eigenvalue weighted by atomic mass is 32.2. The minimum absolute atomic E-state index is 0.121. The monoisotopic (exact) mass is 505 g/mol. The summed E-state index contributed by atoms with van der Waals surface area (Å²) in [6.45, 7) is 5.77. The molecule has 1 atom stereocenters. The fraction of sp³-hybridized carbons (Fsp3) is 0.321. The normalized spacial score (nSPS) is 17.8. The highest BCUT2D eigenvalue weighted by Crippen LogP contribution is 2.38. The zero-order valence-corrected chi connectivity index (χ0v) is 21.4. The first-order valence-corrected chi connectivity index (χ1v) is 13.8. The Labute approximate surface area is 212 Å². The topological polar surface area (TPSA) is 79.0 Å². The molecule has 1 amide bonds. The molecule has 1 saturated heterocycles. The average Bonchev–Trinajstić information content (AvgIpc) is 2.89. The summed E-state index contributed by atoms with van der Waals surface area (Å²) in [7, 11) is -3.90. The molecule has 0 aliphatic carbocycles. The maximum Gasteiger partial charge on any atom is 0.267 e. The highest BCUT2D eigenvalue weighted by molar-refractivity contribution is 7.92. The van der Waals surface area contributed by atoms with Crippen molar-refractivity contribution in [2.24, 2.45) is 0 Å². The van der Waals surface area contributed by atoms with Crippen molar-refractivity contribution in [2.45, 2.75) is 44.1 Å². The summed E-state index contributed by atoms with van der Waals surface area (Å²) >= 11 is 0. The maximum absolute atomic E-state index is 13.6. The third-order valence-electron chi connectivity index (χ3n) is 6.74. The minimum Gasteiger partial charge on any atom is -0.476 e. The number of sulfonamides is 1. The number of aryl methyl sites for hydroxylation is 2. The molecule has 2 aliphatic rings. The fourth-order valence-electron chi connectivity index (χ4n) is 4.69. The van der Waals surface area contributed by atoms with E-state index in [1.165, 1.54) is 23.6 Å². The molecule has 0 bridgehead atoms. The summed E-state index contributed by atoms with van der Waals surface area (Å²) in [5, 5.41) is 2.90. The Balaban J connectivity index is 1.38. The lowest BCUT2D eigenvalue weighted by Crippen LogP contribution is -2.48. The molecule has 0 spiro atoms. The van der Waals surface area contributed by atoms with Crippen molar-refractivity contribution in [3.8, 4) is 5.75 Å². The van der Waals surface area contributed by atoms with E-state index < -0.39 is 22.0 Å². The van der Waals surface area contributed by atoms with Gasteiger partial charge >= 0.3 is 0 Å². The smallest absolute Gasteiger partial charge is 0.267 e. The van der Waals surface area contributed by atoms with Gasteiger partial charge in [0.2, 0.25) is 0 Å². The quantitative estimate of drug-likeness (QED) is 0.534. The number of fused-ring (bicyclic) bond motifs is 1. The summed E-state index contributed by atoms with van der Waals surface area (Å²) in [6, 6.07) is 19.8. The predicted molar refractivity (Wildman–Crippen MR) is 142 cm³/mol. The van der Waals surface area contributed by atoms with Gasteiger partial charge in [-0.05, 0) is 87.2 Å². The van der Waals surface area contributed by atoms with Gasteiger partial charge in [-0.1, -0.05) is 23.8 Å². The van der Waals surface area contributed by atoms with Crippen molar-refractivity contribution in [3.05, 3.63) is 77.9 Å². The van der Waals surface area contributed by atoms with Gasteiger partial charge in [-0.2, -0.15) is 0 Å². The number of ether oxygens (including phenoxy) is 1. The third-order valence-corrected chi connectivity index (χ3v) is 8.54. The van der Waals surface area contributed by atoms with E-state index in [-0.39, 0.29) is 11.4 Å². The Morgan fingerprint density at radius 1 is 0.889 bits per heavy atom. The van der Waals surface area contributed by atoms with E-state index in [1.807, 2.05) is 44.2 Å². The molecule has 3 aromatic carbocycles. The molecule has 0 unspecified atom stereocenters. The van der Waals surface area contributed by atoms with Gasteiger partial charge < -0.3 is 15.0 Å². The van der Waals surface area contributed by atoms with Crippen molar-refractivity contribution < 1.29 is 17.9 Å². The molecule has 188 valence electrons. The van der Waals surface area contributed by atoms with Gasteiger partial charge in [0.25, 0.3) is 15.9 Å². The van der Waals surface area contributed by atoms with Gasteiger partial charge in [-0.25, -0.2) is 8.42 Å². The Hall–Kier alpha value is -3.52. The Morgan fingerprint density at radius 3 is 2.25 bits per heavy atom. The number of hydrogen-bond acceptors (Lipinski definition) is 5. The largest absolute Gasteiger partial charge is 0.476 e. The van der Waals surface area contributed by atoms with Gasteiger partial charge in [0, 0.05) is 24.5 Å². The Kier molecular flexibility index (Phi) is 6.62. The van der Waals surface area contributed by atoms with Gasteiger partial charge in [-0.15, -0.1) is 0 Å². The standard InChI is InChI=1S/C28H31N3O4S/c1-20-6-13-24(14-7-20)36(33,34)31-19-27(35-26-15-8-21(2)18-25(26)31)28(32)29-22-9-11-23(12-10-22)30-16-4-3-5-17-30/h6-15,18,27H,3-5,16-17,19H2,1-2H3,(H,29,32)/t27-/m1/s1. The van der Waals surface area contributed by atoms with Crippen molar-refractivity contribution >= 4 is 33.0 Å². The second kappa shape index (κ2) is 9.85. The van der Waals surface area contributed by atoms with E-state index in [0.717, 1.165) is 29.9 Å². The lowest BCUT2D eigenvalue weighted by molar-refractivity contribution is -0.122. The van der Waals surface area contributed by atoms with Crippen molar-refractivity contribution in [3.63, 3.8) is 0 Å². The molecule has 5 rings (SSSR count). The lowest BCUT2D eigenvalue weighted by Gasteiger charge is -2.35. The number of carbonyl (C=O) groups is 1. The molecule has 7 nitrogen and oxygen atoms in total. The van der Waals surface area contributed by atoms with Crippen molar-refractivity contribution in [2.75, 3.05) is 34.2 Å². The van der Waals surface area contributed by atoms with Crippen LogP contribution >= 0.6 is 0 Å². The number of piperidine rings is 1. The molecular weight excluding hydrogens is 474 g/mol. The Bertz CT molecular complexity index is 1350. The average molecular weight is 506 g/mol. The fourth-order valence-corrected chi connectivity index (χ4v) is 6.16. The van der Waals surface area contributed by atoms with Gasteiger partial charge in [-0.3, -0.25) is 9.10 Å². The first-order valence-electron chi connectivity index (χ1n) is 12.3. The highest BCUT2D eigenvalue weighted by Gasteiger charge is 2.37. The van der Waals surface area contributed by atoms with E-state index in [2.05, 4.69) is 10.2 Å². The van der Waals surface area contributed by atoms with E-state index >= 15 is 0 Å². The van der Waals surface area contributed by atoms with E-state index in [1.54, 1.807) is 36.4 Å². The molecule has 0 aromatic heterocycles. The van der Waals surface area contributed by atoms with Crippen LogP contribution in [0.5, 0.6) is 5.75 Å². The zero-order chi connectivity index (χ0) is 25.3. The van der Waals surface area contributed by atoms with Crippen LogP contribution in [0.4, 0.5) is 17.1 Å². The summed E-state index contributed by atoms with van der Waals surface area (Å²) in [5.41, 5.74) is 4.09. The number of benzene rings is 3. The predicted octanol–water partition coefficient (Wildman–Crippen LogP) is 4.89. The third kappa shape index (κ3) is 4.91. The van der Waals surface area contributed by atoms with Crippen LogP contribution in [-0.4, -0.2) is 40.1 Å². The summed E-state index contributed by atoms with van der Waals surface area (Å²) in [5.74, 6) is -0.0285. The van der Waals surface area contributed by atoms with Crippen LogP contribution in [0.2, 0.25) is 0 Å². The van der Waals surface area contributed by atoms with Gasteiger partial charge in [0.1, 0.15) is 5.75 Å². The van der Waals surface area contributed by atoms with Crippen molar-refractivity contribution in [1.82, 2.24) is 0 Å². The number of amides is 1.